The van der Waals surface area contributed by atoms with Gasteiger partial charge in [0.15, 0.2) is 0 Å². The van der Waals surface area contributed by atoms with E-state index in [0.717, 1.165) is 0 Å². The Bertz CT molecular complexity index is 1010. The summed E-state index contributed by atoms with van der Waals surface area (Å²) in [7, 11) is 0. The summed E-state index contributed by atoms with van der Waals surface area (Å²) in [5, 5.41) is 4.88. The topological polar surface area (TPSA) is 85.1 Å². The molecule has 0 spiro atoms. The van der Waals surface area contributed by atoms with Gasteiger partial charge in [-0.15, -0.1) is 0 Å². The van der Waals surface area contributed by atoms with Gasteiger partial charge in [-0.1, -0.05) is 35.5 Å². The zero-order valence-corrected chi connectivity index (χ0v) is 13.2. The largest absolute Gasteiger partial charge is 0.471 e. The van der Waals surface area contributed by atoms with Crippen molar-refractivity contribution in [2.24, 2.45) is 0 Å². The van der Waals surface area contributed by atoms with Crippen molar-refractivity contribution in [1.29, 1.82) is 0 Å². The van der Waals surface area contributed by atoms with E-state index < -0.39 is 23.8 Å². The van der Waals surface area contributed by atoms with Crippen molar-refractivity contribution >= 4 is 11.8 Å². The molecular weight excluding hydrogens is 370 g/mol. The SMILES string of the molecule is O=C(NC(=O)C(F)(F)F)c1ccccc1-c1noc(-c2ccccc2F)n1. The van der Waals surface area contributed by atoms with Gasteiger partial charge in [0.2, 0.25) is 5.82 Å². The first-order chi connectivity index (χ1) is 12.8. The monoisotopic (exact) mass is 379 g/mol. The van der Waals surface area contributed by atoms with Crippen LogP contribution in [-0.2, 0) is 4.79 Å². The maximum Gasteiger partial charge on any atom is 0.471 e. The summed E-state index contributed by atoms with van der Waals surface area (Å²) in [6, 6.07) is 11.0. The molecule has 2 amide bonds. The minimum Gasteiger partial charge on any atom is -0.334 e. The highest BCUT2D eigenvalue weighted by molar-refractivity contribution is 6.09. The summed E-state index contributed by atoms with van der Waals surface area (Å²) in [5.74, 6) is -4.63. The predicted octanol–water partition coefficient (Wildman–Crippen LogP) is 3.36. The Labute approximate surface area is 148 Å². The molecule has 1 aromatic heterocycles. The Kier molecular flexibility index (Phi) is 4.72. The molecule has 0 fully saturated rings. The van der Waals surface area contributed by atoms with E-state index in [0.29, 0.717) is 0 Å². The van der Waals surface area contributed by atoms with E-state index in [1.54, 1.807) is 6.07 Å². The minimum atomic E-state index is -5.21. The van der Waals surface area contributed by atoms with Crippen LogP contribution < -0.4 is 5.32 Å². The highest BCUT2D eigenvalue weighted by Crippen LogP contribution is 2.26. The molecule has 0 saturated heterocycles. The summed E-state index contributed by atoms with van der Waals surface area (Å²) in [5.41, 5.74) is -0.252. The number of nitrogens with one attached hydrogen (secondary N) is 1. The van der Waals surface area contributed by atoms with Gasteiger partial charge in [0.05, 0.1) is 11.1 Å². The number of alkyl halides is 3. The maximum atomic E-state index is 13.8. The third-order valence-corrected chi connectivity index (χ3v) is 3.43. The molecule has 0 radical (unpaired) electrons. The van der Waals surface area contributed by atoms with Gasteiger partial charge in [-0.3, -0.25) is 14.9 Å². The smallest absolute Gasteiger partial charge is 0.334 e. The number of carbonyl (C=O) groups is 2. The lowest BCUT2D eigenvalue weighted by molar-refractivity contribution is -0.172. The van der Waals surface area contributed by atoms with E-state index in [1.165, 1.54) is 47.8 Å². The van der Waals surface area contributed by atoms with Crippen LogP contribution in [-0.4, -0.2) is 28.1 Å². The molecule has 2 aromatic carbocycles. The number of aromatic nitrogens is 2. The average molecular weight is 379 g/mol. The molecule has 0 aliphatic carbocycles. The molecule has 3 aromatic rings. The van der Waals surface area contributed by atoms with Gasteiger partial charge in [-0.05, 0) is 18.2 Å². The number of halogens is 4. The van der Waals surface area contributed by atoms with Crippen LogP contribution >= 0.6 is 0 Å². The fourth-order valence-corrected chi connectivity index (χ4v) is 2.19. The van der Waals surface area contributed by atoms with Crippen molar-refractivity contribution in [1.82, 2.24) is 15.5 Å². The van der Waals surface area contributed by atoms with E-state index in [9.17, 15) is 27.2 Å². The molecule has 6 nitrogen and oxygen atoms in total. The van der Waals surface area contributed by atoms with Gasteiger partial charge in [0.25, 0.3) is 11.8 Å². The second-order valence-electron chi connectivity index (χ2n) is 5.23. The standard InChI is InChI=1S/C17H9F4N3O3/c18-12-8-4-3-7-11(12)15-22-13(24-27-15)9-5-1-2-6-10(9)14(25)23-16(26)17(19,20)21/h1-8H,(H,23,25,26). The number of rotatable bonds is 3. The summed E-state index contributed by atoms with van der Waals surface area (Å²) in [6.45, 7) is 0. The molecular formula is C17H9F4N3O3. The highest BCUT2D eigenvalue weighted by atomic mass is 19.4. The average Bonchev–Trinajstić information content (AvgIpc) is 3.11. The van der Waals surface area contributed by atoms with Gasteiger partial charge >= 0.3 is 12.1 Å². The van der Waals surface area contributed by atoms with Crippen LogP contribution in [0.4, 0.5) is 17.6 Å². The Balaban J connectivity index is 1.94. The summed E-state index contributed by atoms with van der Waals surface area (Å²) in [6.07, 6.45) is -5.21. The van der Waals surface area contributed by atoms with Crippen molar-refractivity contribution < 1.29 is 31.7 Å². The first-order valence-electron chi connectivity index (χ1n) is 7.38. The zero-order valence-electron chi connectivity index (χ0n) is 13.2. The number of carbonyl (C=O) groups excluding carboxylic acids is 2. The second-order valence-corrected chi connectivity index (χ2v) is 5.23. The Morgan fingerprint density at radius 2 is 1.59 bits per heavy atom. The van der Waals surface area contributed by atoms with E-state index in [-0.39, 0.29) is 28.4 Å². The van der Waals surface area contributed by atoms with Crippen LogP contribution in [0.15, 0.2) is 53.1 Å². The molecule has 0 unspecified atom stereocenters. The first kappa shape index (κ1) is 18.2. The van der Waals surface area contributed by atoms with Crippen LogP contribution in [0.2, 0.25) is 0 Å². The van der Waals surface area contributed by atoms with Crippen LogP contribution in [0.5, 0.6) is 0 Å². The van der Waals surface area contributed by atoms with Crippen molar-refractivity contribution in [2.45, 2.75) is 6.18 Å². The number of amides is 2. The van der Waals surface area contributed by atoms with E-state index >= 15 is 0 Å². The normalized spacial score (nSPS) is 11.3. The molecule has 1 heterocycles. The van der Waals surface area contributed by atoms with E-state index in [4.69, 9.17) is 4.52 Å². The zero-order chi connectivity index (χ0) is 19.6. The van der Waals surface area contributed by atoms with Gasteiger partial charge in [-0.25, -0.2) is 4.39 Å². The van der Waals surface area contributed by atoms with E-state index in [2.05, 4.69) is 10.1 Å². The third-order valence-electron chi connectivity index (χ3n) is 3.43. The van der Waals surface area contributed by atoms with Crippen LogP contribution in [0, 0.1) is 5.82 Å². The van der Waals surface area contributed by atoms with Crippen molar-refractivity contribution in [3.8, 4) is 22.8 Å². The molecule has 10 heteroatoms. The molecule has 1 N–H and O–H groups in total. The predicted molar refractivity (Wildman–Crippen MR) is 83.7 cm³/mol. The lowest BCUT2D eigenvalue weighted by atomic mass is 10.1. The fraction of sp³-hybridized carbons (Fsp3) is 0.0588. The van der Waals surface area contributed by atoms with Crippen LogP contribution in [0.25, 0.3) is 22.8 Å². The fourth-order valence-electron chi connectivity index (χ4n) is 2.19. The highest BCUT2D eigenvalue weighted by Gasteiger charge is 2.40. The third kappa shape index (κ3) is 3.84. The Morgan fingerprint density at radius 3 is 2.26 bits per heavy atom. The number of hydrogen-bond acceptors (Lipinski definition) is 5. The molecule has 0 aliphatic heterocycles. The number of hydrogen-bond donors (Lipinski definition) is 1. The number of nitrogens with zero attached hydrogens (tertiary/aromatic N) is 2. The van der Waals surface area contributed by atoms with Crippen molar-refractivity contribution in [3.05, 3.63) is 59.9 Å². The van der Waals surface area contributed by atoms with Gasteiger partial charge in [-0.2, -0.15) is 18.2 Å². The Morgan fingerprint density at radius 1 is 0.963 bits per heavy atom. The summed E-state index contributed by atoms with van der Waals surface area (Å²) >= 11 is 0. The quantitative estimate of drug-likeness (QED) is 0.706. The molecule has 0 bridgehead atoms. The van der Waals surface area contributed by atoms with E-state index in [1.807, 2.05) is 0 Å². The Hall–Kier alpha value is -3.56. The molecule has 3 rings (SSSR count). The molecule has 138 valence electrons. The molecule has 0 saturated carbocycles. The lowest BCUT2D eigenvalue weighted by Crippen LogP contribution is -2.40. The number of imide groups is 1. The molecule has 0 aliphatic rings. The van der Waals surface area contributed by atoms with Gasteiger partial charge < -0.3 is 4.52 Å². The van der Waals surface area contributed by atoms with Crippen molar-refractivity contribution in [3.63, 3.8) is 0 Å². The minimum absolute atomic E-state index is 0.0105. The molecule has 0 atom stereocenters. The summed E-state index contributed by atoms with van der Waals surface area (Å²) < 4.78 is 55.8. The van der Waals surface area contributed by atoms with Crippen molar-refractivity contribution in [2.75, 3.05) is 0 Å². The molecule has 27 heavy (non-hydrogen) atoms. The van der Waals surface area contributed by atoms with Crippen LogP contribution in [0.1, 0.15) is 10.4 Å². The van der Waals surface area contributed by atoms with Crippen LogP contribution in [0.3, 0.4) is 0 Å². The lowest BCUT2D eigenvalue weighted by Gasteiger charge is -2.08. The first-order valence-corrected chi connectivity index (χ1v) is 7.38. The summed E-state index contributed by atoms with van der Waals surface area (Å²) in [4.78, 5) is 27.0. The van der Waals surface area contributed by atoms with Gasteiger partial charge in [0, 0.05) is 5.56 Å². The second kappa shape index (κ2) is 6.98. The number of benzene rings is 2. The maximum absolute atomic E-state index is 13.8. The van der Waals surface area contributed by atoms with Gasteiger partial charge in [0.1, 0.15) is 5.82 Å².